The van der Waals surface area contributed by atoms with Crippen molar-refractivity contribution in [3.63, 3.8) is 0 Å². The monoisotopic (exact) mass is 335 g/mol. The van der Waals surface area contributed by atoms with Crippen LogP contribution < -0.4 is 5.32 Å². The molecule has 0 aromatic carbocycles. The van der Waals surface area contributed by atoms with Gasteiger partial charge < -0.3 is 5.32 Å². The summed E-state index contributed by atoms with van der Waals surface area (Å²) >= 11 is 0. The lowest BCUT2D eigenvalue weighted by Crippen LogP contribution is -2.31. The molecule has 1 unspecified atom stereocenters. The van der Waals surface area contributed by atoms with Gasteiger partial charge in [-0.2, -0.15) is 5.10 Å². The number of halogens is 1. The van der Waals surface area contributed by atoms with Crippen molar-refractivity contribution >= 4 is 25.6 Å². The van der Waals surface area contributed by atoms with Gasteiger partial charge in [0, 0.05) is 17.2 Å². The fourth-order valence-electron chi connectivity index (χ4n) is 1.78. The van der Waals surface area contributed by atoms with E-state index in [0.29, 0.717) is 31.0 Å². The van der Waals surface area contributed by atoms with Gasteiger partial charge in [-0.25, -0.2) is 8.42 Å². The zero-order valence-electron chi connectivity index (χ0n) is 12.7. The number of hydrogen-bond acceptors (Lipinski definition) is 4. The molecule has 120 valence electrons. The third-order valence-corrected chi connectivity index (χ3v) is 4.86. The molecule has 6 nitrogen and oxygen atoms in total. The van der Waals surface area contributed by atoms with E-state index in [9.17, 15) is 13.2 Å². The van der Waals surface area contributed by atoms with Gasteiger partial charge in [-0.15, -0.1) is 0 Å². The molecule has 0 fully saturated rings. The van der Waals surface area contributed by atoms with Crippen molar-refractivity contribution in [3.05, 3.63) is 11.4 Å². The van der Waals surface area contributed by atoms with Crippen LogP contribution in [-0.2, 0) is 15.5 Å². The molecule has 0 aliphatic rings. The molecule has 1 aromatic heterocycles. The minimum Gasteiger partial charge on any atom is -0.350 e. The number of aryl methyl sites for hydroxylation is 1. The van der Waals surface area contributed by atoms with Crippen LogP contribution in [0.5, 0.6) is 0 Å². The number of H-pyrrole nitrogens is 1. The number of nitrogens with zero attached hydrogens (tertiary/aromatic N) is 1. The molecule has 2 N–H and O–H groups in total. The van der Waals surface area contributed by atoms with E-state index in [4.69, 9.17) is 10.7 Å². The van der Waals surface area contributed by atoms with Crippen LogP contribution in [0.4, 0.5) is 0 Å². The zero-order chi connectivity index (χ0) is 16.2. The molecule has 0 aliphatic carbocycles. The molecule has 1 heterocycles. The number of nitrogens with one attached hydrogen (secondary N) is 2. The van der Waals surface area contributed by atoms with E-state index in [1.54, 1.807) is 0 Å². The minimum absolute atomic E-state index is 0.163. The molecule has 1 atom stereocenters. The zero-order valence-corrected chi connectivity index (χ0v) is 14.3. The van der Waals surface area contributed by atoms with Gasteiger partial charge in [0.25, 0.3) is 15.0 Å². The van der Waals surface area contributed by atoms with Gasteiger partial charge >= 0.3 is 0 Å². The van der Waals surface area contributed by atoms with Crippen molar-refractivity contribution in [1.82, 2.24) is 15.5 Å². The van der Waals surface area contributed by atoms with Crippen LogP contribution in [0.1, 0.15) is 50.3 Å². The van der Waals surface area contributed by atoms with Crippen molar-refractivity contribution in [3.8, 4) is 0 Å². The van der Waals surface area contributed by atoms with Crippen molar-refractivity contribution in [2.24, 2.45) is 11.8 Å². The Morgan fingerprint density at radius 2 is 2.00 bits per heavy atom. The summed E-state index contributed by atoms with van der Waals surface area (Å²) in [7, 11) is 1.41. The Morgan fingerprint density at radius 3 is 2.48 bits per heavy atom. The summed E-state index contributed by atoms with van der Waals surface area (Å²) in [6, 6.07) is 0. The molecular weight excluding hydrogens is 314 g/mol. The van der Waals surface area contributed by atoms with Gasteiger partial charge in [-0.3, -0.25) is 9.89 Å². The van der Waals surface area contributed by atoms with Crippen LogP contribution in [0.25, 0.3) is 0 Å². The number of aromatic nitrogens is 2. The lowest BCUT2D eigenvalue weighted by atomic mass is 9.98. The molecule has 0 aliphatic heterocycles. The summed E-state index contributed by atoms with van der Waals surface area (Å²) in [5.41, 5.74) is 0.207. The number of amides is 1. The highest BCUT2D eigenvalue weighted by molar-refractivity contribution is 8.13. The van der Waals surface area contributed by atoms with Gasteiger partial charge in [0.05, 0.1) is 5.69 Å². The normalized spacial score (nSPS) is 13.4. The van der Waals surface area contributed by atoms with Crippen molar-refractivity contribution < 1.29 is 13.2 Å². The maximum atomic E-state index is 12.1. The third-order valence-electron chi connectivity index (χ3n) is 3.47. The third kappa shape index (κ3) is 4.71. The Labute approximate surface area is 130 Å². The van der Waals surface area contributed by atoms with E-state index >= 15 is 0 Å². The number of rotatable bonds is 7. The van der Waals surface area contributed by atoms with Crippen molar-refractivity contribution in [2.75, 3.05) is 6.54 Å². The molecule has 8 heteroatoms. The first-order chi connectivity index (χ1) is 9.68. The first-order valence-corrected chi connectivity index (χ1v) is 9.29. The van der Waals surface area contributed by atoms with Gasteiger partial charge in [0.1, 0.15) is 4.90 Å². The van der Waals surface area contributed by atoms with Crippen LogP contribution in [0.2, 0.25) is 0 Å². The fourth-order valence-corrected chi connectivity index (χ4v) is 3.09. The molecule has 0 saturated heterocycles. The second-order valence-corrected chi connectivity index (χ2v) is 8.00. The van der Waals surface area contributed by atoms with E-state index in [1.807, 2.05) is 13.8 Å². The SMILES string of the molecule is CCCc1[nH]nc(C(=O)NCC(C)C(C)C)c1S(=O)(=O)Cl. The van der Waals surface area contributed by atoms with Crippen molar-refractivity contribution in [1.29, 1.82) is 0 Å². The quantitative estimate of drug-likeness (QED) is 0.748. The number of carbonyl (C=O) groups is 1. The maximum absolute atomic E-state index is 12.1. The Kier molecular flexibility index (Phi) is 6.22. The minimum atomic E-state index is -4.03. The lowest BCUT2D eigenvalue weighted by Gasteiger charge is -2.15. The second kappa shape index (κ2) is 7.26. The predicted molar refractivity (Wildman–Crippen MR) is 82.0 cm³/mol. The van der Waals surface area contributed by atoms with E-state index in [0.717, 1.165) is 0 Å². The summed E-state index contributed by atoms with van der Waals surface area (Å²) < 4.78 is 23.4. The summed E-state index contributed by atoms with van der Waals surface area (Å²) in [6.45, 7) is 8.47. The average Bonchev–Trinajstić information content (AvgIpc) is 2.79. The topological polar surface area (TPSA) is 91.9 Å². The number of carbonyl (C=O) groups excluding carboxylic acids is 1. The largest absolute Gasteiger partial charge is 0.350 e. The standard InChI is InChI=1S/C13H22ClN3O3S/c1-5-6-10-12(21(14,19)20)11(17-16-10)13(18)15-7-9(4)8(2)3/h8-9H,5-7H2,1-4H3,(H,15,18)(H,16,17). The average molecular weight is 336 g/mol. The Hall–Kier alpha value is -1.08. The first kappa shape index (κ1) is 18.0. The molecule has 1 aromatic rings. The summed E-state index contributed by atoms with van der Waals surface area (Å²) in [4.78, 5) is 11.9. The van der Waals surface area contributed by atoms with Crippen LogP contribution >= 0.6 is 10.7 Å². The summed E-state index contributed by atoms with van der Waals surface area (Å²) in [6.07, 6.45) is 1.18. The van der Waals surface area contributed by atoms with Gasteiger partial charge in [0.2, 0.25) is 0 Å². The van der Waals surface area contributed by atoms with Gasteiger partial charge in [-0.1, -0.05) is 34.1 Å². The van der Waals surface area contributed by atoms with Crippen LogP contribution in [0, 0.1) is 11.8 Å². The maximum Gasteiger partial charge on any atom is 0.273 e. The van der Waals surface area contributed by atoms with Crippen LogP contribution in [-0.4, -0.2) is 31.1 Å². The number of hydrogen-bond donors (Lipinski definition) is 2. The summed E-state index contributed by atoms with van der Waals surface area (Å²) in [5, 5.41) is 9.13. The molecule has 0 spiro atoms. The Balaban J connectivity index is 3.00. The van der Waals surface area contributed by atoms with E-state index in [1.165, 1.54) is 0 Å². The smallest absolute Gasteiger partial charge is 0.273 e. The first-order valence-electron chi connectivity index (χ1n) is 6.98. The van der Waals surface area contributed by atoms with Crippen molar-refractivity contribution in [2.45, 2.75) is 45.4 Å². The predicted octanol–water partition coefficient (Wildman–Crippen LogP) is 2.31. The van der Waals surface area contributed by atoms with E-state index < -0.39 is 15.0 Å². The number of aromatic amines is 1. The van der Waals surface area contributed by atoms with E-state index in [-0.39, 0.29) is 16.5 Å². The molecule has 1 amide bonds. The van der Waals surface area contributed by atoms with Crippen LogP contribution in [0.3, 0.4) is 0 Å². The second-order valence-electron chi connectivity index (χ2n) is 5.50. The van der Waals surface area contributed by atoms with Gasteiger partial charge in [-0.05, 0) is 18.3 Å². The van der Waals surface area contributed by atoms with Gasteiger partial charge in [0.15, 0.2) is 5.69 Å². The fraction of sp³-hybridized carbons (Fsp3) is 0.692. The summed E-state index contributed by atoms with van der Waals surface area (Å²) in [5.74, 6) is 0.163. The highest BCUT2D eigenvalue weighted by Gasteiger charge is 2.28. The van der Waals surface area contributed by atoms with Crippen LogP contribution in [0.15, 0.2) is 4.90 Å². The molecule has 0 radical (unpaired) electrons. The van der Waals surface area contributed by atoms with E-state index in [2.05, 4.69) is 29.4 Å². The molecule has 0 saturated carbocycles. The highest BCUT2D eigenvalue weighted by Crippen LogP contribution is 2.23. The molecular formula is C13H22ClN3O3S. The Morgan fingerprint density at radius 1 is 1.38 bits per heavy atom. The lowest BCUT2D eigenvalue weighted by molar-refractivity contribution is 0.0936. The Bertz CT molecular complexity index is 596. The molecule has 21 heavy (non-hydrogen) atoms. The highest BCUT2D eigenvalue weighted by atomic mass is 35.7. The molecule has 1 rings (SSSR count). The molecule has 0 bridgehead atoms.